The van der Waals surface area contributed by atoms with Crippen molar-refractivity contribution in [3.63, 3.8) is 0 Å². The highest BCUT2D eigenvalue weighted by atomic mass is 32.2. The molecule has 3 aromatic rings. The van der Waals surface area contributed by atoms with E-state index >= 15 is 0 Å². The molecule has 0 N–H and O–H groups in total. The van der Waals surface area contributed by atoms with Crippen LogP contribution in [0.5, 0.6) is 11.5 Å². The standard InChI is InChI=1S/C20H19FN2O4S/c1-12(26-17-7-5-4-6-16(17)21)19-22-23-20(27-19)28-13(2)18(24)14-8-10-15(25-3)11-9-14/h4-13H,1-3H3/t12-,13-/m1/s1. The van der Waals surface area contributed by atoms with E-state index in [-0.39, 0.29) is 22.6 Å². The molecule has 6 nitrogen and oxygen atoms in total. The van der Waals surface area contributed by atoms with Crippen LogP contribution in [0.1, 0.15) is 36.2 Å². The first kappa shape index (κ1) is 19.9. The summed E-state index contributed by atoms with van der Waals surface area (Å²) in [6.45, 7) is 3.45. The Morgan fingerprint density at radius 2 is 1.82 bits per heavy atom. The Labute approximate surface area is 166 Å². The van der Waals surface area contributed by atoms with Crippen LogP contribution in [0.3, 0.4) is 0 Å². The first-order chi connectivity index (χ1) is 13.5. The van der Waals surface area contributed by atoms with Gasteiger partial charge in [0.15, 0.2) is 23.5 Å². The summed E-state index contributed by atoms with van der Waals surface area (Å²) in [5, 5.41) is 7.70. The molecule has 0 aliphatic carbocycles. The van der Waals surface area contributed by atoms with Crippen LogP contribution in [-0.2, 0) is 0 Å². The lowest BCUT2D eigenvalue weighted by Gasteiger charge is -2.11. The second kappa shape index (κ2) is 8.88. The van der Waals surface area contributed by atoms with Gasteiger partial charge in [-0.25, -0.2) is 4.39 Å². The number of Topliss-reactive ketones (excluding diaryl/α,β-unsaturated/α-hetero) is 1. The van der Waals surface area contributed by atoms with Crippen molar-refractivity contribution in [2.24, 2.45) is 0 Å². The predicted octanol–water partition coefficient (Wildman–Crippen LogP) is 4.72. The second-order valence-electron chi connectivity index (χ2n) is 5.95. The minimum absolute atomic E-state index is 0.0666. The molecule has 0 aliphatic rings. The number of halogens is 1. The van der Waals surface area contributed by atoms with E-state index in [1.54, 1.807) is 57.4 Å². The van der Waals surface area contributed by atoms with Crippen molar-refractivity contribution in [1.29, 1.82) is 0 Å². The zero-order valence-electron chi connectivity index (χ0n) is 15.6. The number of thioether (sulfide) groups is 1. The van der Waals surface area contributed by atoms with Crippen molar-refractivity contribution in [2.45, 2.75) is 30.4 Å². The van der Waals surface area contributed by atoms with Crippen LogP contribution < -0.4 is 9.47 Å². The van der Waals surface area contributed by atoms with Gasteiger partial charge in [-0.1, -0.05) is 23.9 Å². The second-order valence-corrected chi connectivity index (χ2v) is 7.24. The number of para-hydroxylation sites is 1. The normalized spacial score (nSPS) is 13.0. The van der Waals surface area contributed by atoms with E-state index in [1.165, 1.54) is 12.1 Å². The zero-order chi connectivity index (χ0) is 20.1. The Hall–Kier alpha value is -2.87. The molecule has 0 fully saturated rings. The average Bonchev–Trinajstić information content (AvgIpc) is 3.18. The molecule has 0 saturated heterocycles. The summed E-state index contributed by atoms with van der Waals surface area (Å²) in [4.78, 5) is 12.6. The monoisotopic (exact) mass is 402 g/mol. The van der Waals surface area contributed by atoms with Gasteiger partial charge in [0.05, 0.1) is 12.4 Å². The van der Waals surface area contributed by atoms with Crippen molar-refractivity contribution in [3.8, 4) is 11.5 Å². The lowest BCUT2D eigenvalue weighted by atomic mass is 10.1. The van der Waals surface area contributed by atoms with Crippen molar-refractivity contribution in [1.82, 2.24) is 10.2 Å². The molecule has 0 aliphatic heterocycles. The maximum Gasteiger partial charge on any atom is 0.277 e. The topological polar surface area (TPSA) is 74.5 Å². The van der Waals surface area contributed by atoms with Crippen molar-refractivity contribution < 1.29 is 23.1 Å². The highest BCUT2D eigenvalue weighted by Crippen LogP contribution is 2.28. The van der Waals surface area contributed by atoms with Gasteiger partial charge < -0.3 is 13.9 Å². The van der Waals surface area contributed by atoms with Crippen LogP contribution in [-0.4, -0.2) is 28.3 Å². The van der Waals surface area contributed by atoms with E-state index in [0.29, 0.717) is 11.3 Å². The van der Waals surface area contributed by atoms with E-state index in [0.717, 1.165) is 11.8 Å². The molecule has 0 unspecified atom stereocenters. The molecule has 0 saturated carbocycles. The molecule has 146 valence electrons. The first-order valence-corrected chi connectivity index (χ1v) is 9.45. The summed E-state index contributed by atoms with van der Waals surface area (Å²) in [7, 11) is 1.57. The SMILES string of the molecule is COc1ccc(C(=O)[C@@H](C)Sc2nnc([C@@H](C)Oc3ccccc3F)o2)cc1. The molecule has 28 heavy (non-hydrogen) atoms. The van der Waals surface area contributed by atoms with Gasteiger partial charge in [-0.3, -0.25) is 4.79 Å². The third-order valence-electron chi connectivity index (χ3n) is 3.93. The van der Waals surface area contributed by atoms with Gasteiger partial charge >= 0.3 is 0 Å². The van der Waals surface area contributed by atoms with Gasteiger partial charge in [-0.05, 0) is 50.2 Å². The molecule has 0 bridgehead atoms. The molecule has 1 heterocycles. The number of nitrogens with zero attached hydrogens (tertiary/aromatic N) is 2. The Morgan fingerprint density at radius 1 is 1.11 bits per heavy atom. The third-order valence-corrected chi connectivity index (χ3v) is 4.87. The molecule has 0 spiro atoms. The van der Waals surface area contributed by atoms with Crippen LogP contribution in [0.25, 0.3) is 0 Å². The highest BCUT2D eigenvalue weighted by molar-refractivity contribution is 8.00. The smallest absolute Gasteiger partial charge is 0.277 e. The van der Waals surface area contributed by atoms with Gasteiger partial charge in [0.1, 0.15) is 5.75 Å². The fourth-order valence-electron chi connectivity index (χ4n) is 2.41. The lowest BCUT2D eigenvalue weighted by Crippen LogP contribution is -2.13. The quantitative estimate of drug-likeness (QED) is 0.399. The van der Waals surface area contributed by atoms with Crippen molar-refractivity contribution >= 4 is 17.5 Å². The van der Waals surface area contributed by atoms with E-state index < -0.39 is 17.2 Å². The predicted molar refractivity (Wildman–Crippen MR) is 102 cm³/mol. The molecule has 2 atom stereocenters. The Bertz CT molecular complexity index is 945. The lowest BCUT2D eigenvalue weighted by molar-refractivity contribution is 0.0993. The summed E-state index contributed by atoms with van der Waals surface area (Å²) in [5.41, 5.74) is 0.566. The summed E-state index contributed by atoms with van der Waals surface area (Å²) < 4.78 is 29.9. The molecule has 0 radical (unpaired) electrons. The molecule has 3 rings (SSSR count). The van der Waals surface area contributed by atoms with Crippen LogP contribution in [0.15, 0.2) is 58.2 Å². The van der Waals surface area contributed by atoms with E-state index in [2.05, 4.69) is 10.2 Å². The Morgan fingerprint density at radius 3 is 2.50 bits per heavy atom. The number of benzene rings is 2. The molecule has 1 aromatic heterocycles. The van der Waals surface area contributed by atoms with E-state index in [4.69, 9.17) is 13.9 Å². The summed E-state index contributed by atoms with van der Waals surface area (Å²) in [5.74, 6) is 0.452. The Kier molecular flexibility index (Phi) is 6.30. The minimum atomic E-state index is -0.633. The molecular weight excluding hydrogens is 383 g/mol. The van der Waals surface area contributed by atoms with Crippen LogP contribution in [0.4, 0.5) is 4.39 Å². The fourth-order valence-corrected chi connectivity index (χ4v) is 3.18. The maximum absolute atomic E-state index is 13.7. The van der Waals surface area contributed by atoms with Gasteiger partial charge in [0.2, 0.25) is 0 Å². The molecule has 0 amide bonds. The number of ether oxygens (including phenoxy) is 2. The number of hydrogen-bond acceptors (Lipinski definition) is 7. The Balaban J connectivity index is 1.63. The zero-order valence-corrected chi connectivity index (χ0v) is 16.4. The first-order valence-electron chi connectivity index (χ1n) is 8.57. The highest BCUT2D eigenvalue weighted by Gasteiger charge is 2.22. The summed E-state index contributed by atoms with van der Waals surface area (Å²) >= 11 is 1.15. The molecular formula is C20H19FN2O4S. The van der Waals surface area contributed by atoms with Crippen LogP contribution >= 0.6 is 11.8 Å². The number of rotatable bonds is 8. The molecule has 8 heteroatoms. The van der Waals surface area contributed by atoms with Crippen LogP contribution in [0, 0.1) is 5.82 Å². The summed E-state index contributed by atoms with van der Waals surface area (Å²) in [6.07, 6.45) is -0.633. The number of methoxy groups -OCH3 is 1. The van der Waals surface area contributed by atoms with Crippen molar-refractivity contribution in [2.75, 3.05) is 7.11 Å². The van der Waals surface area contributed by atoms with Gasteiger partial charge in [0.25, 0.3) is 11.1 Å². The number of carbonyl (C=O) groups excluding carboxylic acids is 1. The van der Waals surface area contributed by atoms with Crippen LogP contribution in [0.2, 0.25) is 0 Å². The van der Waals surface area contributed by atoms with Crippen molar-refractivity contribution in [3.05, 3.63) is 65.8 Å². The summed E-state index contributed by atoms with van der Waals surface area (Å²) in [6, 6.07) is 13.0. The average molecular weight is 402 g/mol. The maximum atomic E-state index is 13.7. The van der Waals surface area contributed by atoms with Gasteiger partial charge in [-0.2, -0.15) is 0 Å². The number of carbonyl (C=O) groups is 1. The van der Waals surface area contributed by atoms with E-state index in [1.807, 2.05) is 0 Å². The number of hydrogen-bond donors (Lipinski definition) is 0. The third kappa shape index (κ3) is 4.69. The van der Waals surface area contributed by atoms with Gasteiger partial charge in [0, 0.05) is 5.56 Å². The fraction of sp³-hybridized carbons (Fsp3) is 0.250. The number of aromatic nitrogens is 2. The van der Waals surface area contributed by atoms with Gasteiger partial charge in [-0.15, -0.1) is 10.2 Å². The van der Waals surface area contributed by atoms with E-state index in [9.17, 15) is 9.18 Å². The number of ketones is 1. The molecule has 2 aromatic carbocycles. The largest absolute Gasteiger partial charge is 0.497 e. The minimum Gasteiger partial charge on any atom is -0.497 e.